The molecular weight excluding hydrogens is 1610 g/mol. The molecule has 118 heavy (non-hydrogen) atoms. The van der Waals surface area contributed by atoms with Crippen LogP contribution < -0.4 is 21.3 Å². The Balaban J connectivity index is 1.04. The zero-order chi connectivity index (χ0) is 87.1. The molecule has 46 atom stereocenters. The average molecular weight is 1730 g/mol. The summed E-state index contributed by atoms with van der Waals surface area (Å²) in [4.78, 5) is 63.0. The second-order valence-corrected chi connectivity index (χ2v) is 30.1. The van der Waals surface area contributed by atoms with Crippen molar-refractivity contribution >= 4 is 30.1 Å². The largest absolute Gasteiger partial charge is 0.410 e. The molecule has 9 aliphatic rings. The molecule has 4 amide bonds. The van der Waals surface area contributed by atoms with E-state index in [4.69, 9.17) is 85.3 Å². The van der Waals surface area contributed by atoms with Gasteiger partial charge in [0.2, 0.25) is 23.6 Å². The van der Waals surface area contributed by atoms with E-state index in [1.54, 1.807) is 0 Å². The van der Waals surface area contributed by atoms with Crippen molar-refractivity contribution in [1.82, 2.24) is 21.3 Å². The molecule has 0 aliphatic carbocycles. The molecule has 9 heterocycles. The van der Waals surface area contributed by atoms with Gasteiger partial charge in [0, 0.05) is 33.6 Å². The van der Waals surface area contributed by atoms with Crippen LogP contribution in [0.1, 0.15) is 48.0 Å². The molecule has 0 aromatic rings. The van der Waals surface area contributed by atoms with E-state index in [-0.39, 0.29) is 6.47 Å². The molecular formula is C67H112N4O47. The fourth-order valence-corrected chi connectivity index (χ4v) is 15.5. The van der Waals surface area contributed by atoms with E-state index in [0.717, 1.165) is 27.7 Å². The van der Waals surface area contributed by atoms with E-state index < -0.39 is 371 Å². The third kappa shape index (κ3) is 21.6. The highest BCUT2D eigenvalue weighted by molar-refractivity contribution is 5.74. The van der Waals surface area contributed by atoms with Crippen molar-refractivity contribution in [1.29, 1.82) is 0 Å². The Bertz CT molecular complexity index is 3180. The van der Waals surface area contributed by atoms with Gasteiger partial charge in [-0.15, -0.1) is 0 Å². The van der Waals surface area contributed by atoms with Crippen LogP contribution in [0.15, 0.2) is 0 Å². The van der Waals surface area contributed by atoms with E-state index in [2.05, 4.69) is 21.3 Å². The normalized spacial score (nSPS) is 47.5. The summed E-state index contributed by atoms with van der Waals surface area (Å²) in [5.74, 6) is -7.38. The van der Waals surface area contributed by atoms with Crippen LogP contribution in [-0.4, -0.2) is 488 Å². The van der Waals surface area contributed by atoms with Crippen molar-refractivity contribution in [3.8, 4) is 0 Å². The highest BCUT2D eigenvalue weighted by Gasteiger charge is 2.62. The number of rotatable bonds is 33. The van der Waals surface area contributed by atoms with Crippen LogP contribution in [0.5, 0.6) is 0 Å². The van der Waals surface area contributed by atoms with Crippen LogP contribution >= 0.6 is 0 Å². The molecule has 0 aromatic carbocycles. The molecule has 0 saturated carbocycles. The number of hydrogen-bond acceptors (Lipinski definition) is 47. The zero-order valence-corrected chi connectivity index (χ0v) is 64.3. The molecule has 9 rings (SSSR count). The molecule has 51 nitrogen and oxygen atoms in total. The molecule has 0 aromatic heterocycles. The molecule has 9 fully saturated rings. The maximum atomic E-state index is 13.2. The summed E-state index contributed by atoms with van der Waals surface area (Å²) in [7, 11) is 0. The van der Waals surface area contributed by atoms with E-state index in [0.29, 0.717) is 0 Å². The van der Waals surface area contributed by atoms with Gasteiger partial charge in [-0.25, -0.2) is 0 Å². The number of amides is 4. The van der Waals surface area contributed by atoms with Gasteiger partial charge >= 0.3 is 5.97 Å². The second-order valence-electron chi connectivity index (χ2n) is 30.1. The summed E-state index contributed by atoms with van der Waals surface area (Å²) in [5, 5.41) is 279. The maximum absolute atomic E-state index is 13.2. The average Bonchev–Trinajstić information content (AvgIpc) is 0.762. The Morgan fingerprint density at radius 2 is 0.720 bits per heavy atom. The van der Waals surface area contributed by atoms with Crippen LogP contribution in [0.4, 0.5) is 0 Å². The van der Waals surface area contributed by atoms with Gasteiger partial charge in [0.25, 0.3) is 6.47 Å². The first-order valence-corrected chi connectivity index (χ1v) is 37.9. The number of aliphatic hydroxyl groups excluding tert-OH is 24. The number of carbonyl (C=O) groups excluding carboxylic acids is 5. The van der Waals surface area contributed by atoms with Crippen LogP contribution in [0, 0.1) is 5.92 Å². The molecule has 0 spiro atoms. The fraction of sp³-hybridized carbons (Fsp3) is 0.925. The molecule has 51 heteroatoms. The molecule has 682 valence electrons. The Hall–Kier alpha value is -4.29. The lowest BCUT2D eigenvalue weighted by atomic mass is 9.87. The first-order chi connectivity index (χ1) is 55.8. The summed E-state index contributed by atoms with van der Waals surface area (Å²) < 4.78 is 107. The molecule has 20 unspecified atom stereocenters. The zero-order valence-electron chi connectivity index (χ0n) is 64.3. The van der Waals surface area contributed by atoms with Crippen molar-refractivity contribution in [2.45, 2.75) is 324 Å². The van der Waals surface area contributed by atoms with E-state index in [1.807, 2.05) is 0 Å². The minimum Gasteiger partial charge on any atom is -0.410 e. The van der Waals surface area contributed by atoms with Crippen LogP contribution in [0.3, 0.4) is 0 Å². The van der Waals surface area contributed by atoms with E-state index in [9.17, 15) is 147 Å². The van der Waals surface area contributed by atoms with Crippen molar-refractivity contribution < 1.29 is 232 Å². The number of nitrogens with one attached hydrogen (secondary N) is 4. The summed E-state index contributed by atoms with van der Waals surface area (Å²) in [6, 6.07) is -6.88. The SMILES string of the molecule is CC(=O)NC1C(O)[C@H](O)[C@H](CO)O[C@H]1OC1[C@@H](OCC2O[C@@H](O[C@@H]3C(CO)O[C@@H](O[C@@H]4C(CO)O[C@@H](C)C(NC(C)=O)[C@H]4O)C(NC(C)=O)[C@H]3O)C(O)[C@@H](O[C@H]3OC(CO)[C@@H](O)C(O)C3O[C@@H]3OC(CO)[C@H](O[C@@H]4OC(CO)[C@H](O)[C@H](O[C@]5(OC=O)C[C@@H](O)[C@@H](C)C(C(O)C(O)CO)O5)C4O)[C@H](O)C3NC(C)=O)[C@@H]2O)OC(CO)[C@@H](O)[C@@H]1O. The molecule has 28 N–H and O–H groups in total. The Kier molecular flexibility index (Phi) is 35.2. The van der Waals surface area contributed by atoms with Gasteiger partial charge < -0.3 is 229 Å². The summed E-state index contributed by atoms with van der Waals surface area (Å²) in [6.45, 7) is -3.32. The lowest BCUT2D eigenvalue weighted by Crippen LogP contribution is -2.71. The van der Waals surface area contributed by atoms with Gasteiger partial charge in [-0.3, -0.25) is 24.0 Å². The topological polar surface area (TPSA) is 785 Å². The molecule has 0 bridgehead atoms. The van der Waals surface area contributed by atoms with Crippen LogP contribution in [0.25, 0.3) is 0 Å². The fourth-order valence-electron chi connectivity index (χ4n) is 15.5. The van der Waals surface area contributed by atoms with E-state index in [1.165, 1.54) is 13.8 Å². The number of aliphatic hydroxyl groups is 24. The Labute approximate surface area is 670 Å². The minimum atomic E-state index is -2.88. The summed E-state index contributed by atoms with van der Waals surface area (Å²) in [6.07, 6.45) is -83.0. The van der Waals surface area contributed by atoms with Gasteiger partial charge in [-0.2, -0.15) is 0 Å². The van der Waals surface area contributed by atoms with E-state index >= 15 is 0 Å². The molecule has 9 saturated heterocycles. The van der Waals surface area contributed by atoms with Crippen molar-refractivity contribution in [2.75, 3.05) is 59.5 Å². The van der Waals surface area contributed by atoms with Crippen LogP contribution in [0.2, 0.25) is 0 Å². The van der Waals surface area contributed by atoms with Gasteiger partial charge in [-0.1, -0.05) is 6.92 Å². The number of carbonyl (C=O) groups is 5. The van der Waals surface area contributed by atoms with Gasteiger partial charge in [0.15, 0.2) is 44.0 Å². The number of ether oxygens (including phenoxy) is 18. The standard InChI is InChI=1S/C67H112N4O47/c1-18-24(85)7-67(102-17-80,117-52(18)38(87)25(86)8-72)118-57-42(91)29(12-76)105-64(51(57)100)113-55-32(15-79)109-62(37(47(55)96)71-23(6)84)116-59-49(98)41(90)28(11-75)107-66(59)114-56-43(92)33(16-101-65-58(48(97)40(89)27(10-74)106-65)115-60-35(69-21(4)82)44(93)39(88)26(9-73)104-60)110-63(50(56)99)112-54-31(14-78)108-61(36(46(54)95)70-22(5)83)111-53-30(13-77)103-19(2)34(45(53)94)68-20(3)81/h17-19,24-66,72-79,85-100H,7-16H2,1-6H3,(H,68,81)(H,69,82)(H,70,83)(H,71,84)/t18-,19+,24-,25?,26+,27?,28?,29?,30?,31?,32?,33?,34?,35?,36?,37?,38?,39-,40-,41-,42+,43-,44?,45-,46-,47-,48+,49?,50?,51?,52?,53-,54-,55+,56+,57+,58?,59?,60+,61+,62+,63+,64+,65+,66-,67+/m1/s1. The summed E-state index contributed by atoms with van der Waals surface area (Å²) in [5.41, 5.74) is 0. The smallest absolute Gasteiger partial charge is 0.332 e. The Morgan fingerprint density at radius 3 is 1.17 bits per heavy atom. The quantitative estimate of drug-likeness (QED) is 0.0214. The highest BCUT2D eigenvalue weighted by Crippen LogP contribution is 2.43. The van der Waals surface area contributed by atoms with Crippen molar-refractivity contribution in [2.24, 2.45) is 5.92 Å². The highest BCUT2D eigenvalue weighted by atomic mass is 16.9. The lowest BCUT2D eigenvalue weighted by Gasteiger charge is -2.51. The summed E-state index contributed by atoms with van der Waals surface area (Å²) >= 11 is 0. The van der Waals surface area contributed by atoms with Gasteiger partial charge in [-0.05, 0) is 6.92 Å². The predicted octanol–water partition coefficient (Wildman–Crippen LogP) is -18.5. The molecule has 9 aliphatic heterocycles. The first kappa shape index (κ1) is 97.5. The predicted molar refractivity (Wildman–Crippen MR) is 367 cm³/mol. The number of hydrogen-bond donors (Lipinski definition) is 28. The molecule has 0 radical (unpaired) electrons. The van der Waals surface area contributed by atoms with Crippen molar-refractivity contribution in [3.05, 3.63) is 0 Å². The lowest BCUT2D eigenvalue weighted by molar-refractivity contribution is -0.448. The third-order valence-corrected chi connectivity index (χ3v) is 21.9. The van der Waals surface area contributed by atoms with Gasteiger partial charge in [0.1, 0.15) is 201 Å². The minimum absolute atomic E-state index is 0.249. The monoisotopic (exact) mass is 1720 g/mol. The van der Waals surface area contributed by atoms with Crippen LogP contribution in [-0.2, 0) is 109 Å². The van der Waals surface area contributed by atoms with Gasteiger partial charge in [0.05, 0.1) is 90.2 Å². The Morgan fingerprint density at radius 1 is 0.381 bits per heavy atom. The maximum Gasteiger partial charge on any atom is 0.332 e. The third-order valence-electron chi connectivity index (χ3n) is 21.9. The van der Waals surface area contributed by atoms with Crippen molar-refractivity contribution in [3.63, 3.8) is 0 Å². The second kappa shape index (κ2) is 42.6. The first-order valence-electron chi connectivity index (χ1n) is 37.9.